The molecule has 21 heavy (non-hydrogen) atoms. The molecule has 2 aromatic carbocycles. The van der Waals surface area contributed by atoms with E-state index in [4.69, 9.17) is 11.6 Å². The van der Waals surface area contributed by atoms with Gasteiger partial charge in [-0.05, 0) is 36.8 Å². The molecule has 0 saturated heterocycles. The molecule has 0 unspecified atom stereocenters. The minimum absolute atomic E-state index is 0.117. The fourth-order valence-electron chi connectivity index (χ4n) is 2.49. The predicted molar refractivity (Wildman–Crippen MR) is 83.9 cm³/mol. The molecular formula is C16H13ClN2O2. The number of aryl methyl sites for hydroxylation is 1. The minimum Gasteiger partial charge on any atom is -0.340 e. The molecule has 1 aromatic heterocycles. The second kappa shape index (κ2) is 5.22. The summed E-state index contributed by atoms with van der Waals surface area (Å²) in [6, 6.07) is 14.6. The number of non-ortho nitro benzene ring substituents is 1. The van der Waals surface area contributed by atoms with Crippen molar-refractivity contribution < 1.29 is 4.92 Å². The van der Waals surface area contributed by atoms with Crippen molar-refractivity contribution >= 4 is 28.2 Å². The van der Waals surface area contributed by atoms with Crippen LogP contribution in [0, 0.1) is 17.0 Å². The number of hydrogen-bond donors (Lipinski definition) is 0. The van der Waals surface area contributed by atoms with Gasteiger partial charge in [0, 0.05) is 40.3 Å². The van der Waals surface area contributed by atoms with E-state index in [2.05, 4.69) is 4.57 Å². The summed E-state index contributed by atoms with van der Waals surface area (Å²) in [4.78, 5) is 10.5. The van der Waals surface area contributed by atoms with Crippen LogP contribution in [-0.2, 0) is 6.54 Å². The molecule has 0 bridgehead atoms. The zero-order valence-corrected chi connectivity index (χ0v) is 12.2. The second-order valence-electron chi connectivity index (χ2n) is 5.00. The first kappa shape index (κ1) is 13.6. The fourth-order valence-corrected chi connectivity index (χ4v) is 2.62. The number of nitrogens with zero attached hydrogens (tertiary/aromatic N) is 2. The highest BCUT2D eigenvalue weighted by atomic mass is 35.5. The van der Waals surface area contributed by atoms with E-state index < -0.39 is 0 Å². The Morgan fingerprint density at radius 1 is 1.14 bits per heavy atom. The summed E-state index contributed by atoms with van der Waals surface area (Å²) in [5.74, 6) is 0. The molecule has 0 fully saturated rings. The summed E-state index contributed by atoms with van der Waals surface area (Å²) < 4.78 is 2.14. The fraction of sp³-hybridized carbons (Fsp3) is 0.125. The first-order chi connectivity index (χ1) is 10.0. The van der Waals surface area contributed by atoms with E-state index in [1.165, 1.54) is 0 Å². The van der Waals surface area contributed by atoms with E-state index in [9.17, 15) is 10.1 Å². The maximum Gasteiger partial charge on any atom is 0.270 e. The monoisotopic (exact) mass is 300 g/mol. The molecule has 5 heteroatoms. The highest BCUT2D eigenvalue weighted by Gasteiger charge is 2.11. The molecule has 106 valence electrons. The van der Waals surface area contributed by atoms with Crippen molar-refractivity contribution in [1.82, 2.24) is 4.57 Å². The molecule has 0 atom stereocenters. The third-order valence-corrected chi connectivity index (χ3v) is 3.81. The molecule has 3 rings (SSSR count). The lowest BCUT2D eigenvalue weighted by Gasteiger charge is -2.08. The van der Waals surface area contributed by atoms with Gasteiger partial charge in [-0.2, -0.15) is 0 Å². The minimum atomic E-state index is -0.370. The molecular weight excluding hydrogens is 288 g/mol. The Bertz CT molecular complexity index is 822. The number of fused-ring (bicyclic) bond motifs is 1. The van der Waals surface area contributed by atoms with E-state index in [0.29, 0.717) is 11.6 Å². The quantitative estimate of drug-likeness (QED) is 0.526. The molecule has 1 heterocycles. The normalized spacial score (nSPS) is 11.0. The molecule has 3 aromatic rings. The smallest absolute Gasteiger partial charge is 0.270 e. The van der Waals surface area contributed by atoms with Gasteiger partial charge in [0.15, 0.2) is 0 Å². The van der Waals surface area contributed by atoms with Crippen molar-refractivity contribution in [3.8, 4) is 0 Å². The van der Waals surface area contributed by atoms with Crippen LogP contribution in [0.1, 0.15) is 11.3 Å². The number of rotatable bonds is 3. The van der Waals surface area contributed by atoms with Crippen LogP contribution in [0.25, 0.3) is 10.9 Å². The Morgan fingerprint density at radius 2 is 1.86 bits per heavy atom. The molecule has 0 saturated carbocycles. The van der Waals surface area contributed by atoms with Gasteiger partial charge in [0.25, 0.3) is 5.69 Å². The van der Waals surface area contributed by atoms with Gasteiger partial charge in [-0.3, -0.25) is 10.1 Å². The number of aromatic nitrogens is 1. The van der Waals surface area contributed by atoms with Gasteiger partial charge in [-0.25, -0.2) is 0 Å². The molecule has 0 N–H and O–H groups in total. The van der Waals surface area contributed by atoms with Gasteiger partial charge in [0.05, 0.1) is 4.92 Å². The van der Waals surface area contributed by atoms with Crippen molar-refractivity contribution in [2.24, 2.45) is 0 Å². The topological polar surface area (TPSA) is 48.1 Å². The van der Waals surface area contributed by atoms with Crippen molar-refractivity contribution in [1.29, 1.82) is 0 Å². The van der Waals surface area contributed by atoms with Gasteiger partial charge in [-0.1, -0.05) is 23.7 Å². The van der Waals surface area contributed by atoms with E-state index in [1.807, 2.05) is 37.3 Å². The van der Waals surface area contributed by atoms with Crippen LogP contribution in [0.15, 0.2) is 48.5 Å². The zero-order valence-electron chi connectivity index (χ0n) is 11.4. The standard InChI is InChI=1S/C16H13ClN2O2/c1-11-8-13-9-15(19(20)21)6-7-16(13)18(11)10-12-2-4-14(17)5-3-12/h2-9H,10H2,1H3. The molecule has 0 aliphatic heterocycles. The molecule has 0 aliphatic rings. The summed E-state index contributed by atoms with van der Waals surface area (Å²) in [6.45, 7) is 2.71. The highest BCUT2D eigenvalue weighted by molar-refractivity contribution is 6.30. The summed E-state index contributed by atoms with van der Waals surface area (Å²) in [7, 11) is 0. The lowest BCUT2D eigenvalue weighted by molar-refractivity contribution is -0.384. The van der Waals surface area contributed by atoms with Gasteiger partial charge >= 0.3 is 0 Å². The third kappa shape index (κ3) is 2.62. The Kier molecular flexibility index (Phi) is 3.39. The molecule has 0 aliphatic carbocycles. The third-order valence-electron chi connectivity index (χ3n) is 3.56. The van der Waals surface area contributed by atoms with Crippen LogP contribution >= 0.6 is 11.6 Å². The Hall–Kier alpha value is -2.33. The zero-order chi connectivity index (χ0) is 15.0. The van der Waals surface area contributed by atoms with E-state index in [0.717, 1.165) is 22.2 Å². The highest BCUT2D eigenvalue weighted by Crippen LogP contribution is 2.25. The number of benzene rings is 2. The Labute approximate surface area is 126 Å². The molecule has 4 nitrogen and oxygen atoms in total. The maximum absolute atomic E-state index is 10.8. The number of nitro benzene ring substituents is 1. The van der Waals surface area contributed by atoms with Crippen LogP contribution < -0.4 is 0 Å². The van der Waals surface area contributed by atoms with E-state index in [1.54, 1.807) is 18.2 Å². The Morgan fingerprint density at radius 3 is 2.52 bits per heavy atom. The predicted octanol–water partition coefficient (Wildman–Crippen LogP) is 4.56. The largest absolute Gasteiger partial charge is 0.340 e. The van der Waals surface area contributed by atoms with E-state index in [-0.39, 0.29) is 10.6 Å². The molecule has 0 radical (unpaired) electrons. The van der Waals surface area contributed by atoms with Crippen LogP contribution in [0.5, 0.6) is 0 Å². The van der Waals surface area contributed by atoms with Crippen molar-refractivity contribution in [3.05, 3.63) is 74.9 Å². The van der Waals surface area contributed by atoms with Gasteiger partial charge in [0.1, 0.15) is 0 Å². The summed E-state index contributed by atoms with van der Waals surface area (Å²) in [5, 5.41) is 12.4. The maximum atomic E-state index is 10.8. The first-order valence-electron chi connectivity index (χ1n) is 6.53. The van der Waals surface area contributed by atoms with Crippen molar-refractivity contribution in [2.45, 2.75) is 13.5 Å². The lowest BCUT2D eigenvalue weighted by Crippen LogP contribution is -2.01. The van der Waals surface area contributed by atoms with Crippen molar-refractivity contribution in [3.63, 3.8) is 0 Å². The molecule has 0 amide bonds. The van der Waals surface area contributed by atoms with Gasteiger partial charge in [-0.15, -0.1) is 0 Å². The van der Waals surface area contributed by atoms with Crippen LogP contribution in [-0.4, -0.2) is 9.49 Å². The lowest BCUT2D eigenvalue weighted by atomic mass is 10.2. The number of halogens is 1. The SMILES string of the molecule is Cc1cc2cc([N+](=O)[O-])ccc2n1Cc1ccc(Cl)cc1. The summed E-state index contributed by atoms with van der Waals surface area (Å²) in [6.07, 6.45) is 0. The van der Waals surface area contributed by atoms with Crippen LogP contribution in [0.2, 0.25) is 5.02 Å². The second-order valence-corrected chi connectivity index (χ2v) is 5.43. The number of hydrogen-bond acceptors (Lipinski definition) is 2. The van der Waals surface area contributed by atoms with Crippen molar-refractivity contribution in [2.75, 3.05) is 0 Å². The number of nitro groups is 1. The molecule has 0 spiro atoms. The average Bonchev–Trinajstić information content (AvgIpc) is 2.76. The van der Waals surface area contributed by atoms with Gasteiger partial charge in [0.2, 0.25) is 0 Å². The van der Waals surface area contributed by atoms with Crippen LogP contribution in [0.3, 0.4) is 0 Å². The average molecular weight is 301 g/mol. The summed E-state index contributed by atoms with van der Waals surface area (Å²) >= 11 is 5.90. The van der Waals surface area contributed by atoms with Gasteiger partial charge < -0.3 is 4.57 Å². The first-order valence-corrected chi connectivity index (χ1v) is 6.91. The van der Waals surface area contributed by atoms with Crippen LogP contribution in [0.4, 0.5) is 5.69 Å². The summed E-state index contributed by atoms with van der Waals surface area (Å²) in [5.41, 5.74) is 3.32. The van der Waals surface area contributed by atoms with E-state index >= 15 is 0 Å². The Balaban J connectivity index is 2.04.